The monoisotopic (exact) mass is 218 g/mol. The van der Waals surface area contributed by atoms with Gasteiger partial charge in [-0.1, -0.05) is 55.5 Å². The van der Waals surface area contributed by atoms with Crippen LogP contribution in [0.25, 0.3) is 0 Å². The minimum Gasteiger partial charge on any atom is -0.393 e. The summed E-state index contributed by atoms with van der Waals surface area (Å²) in [6.45, 7) is 2.10. The van der Waals surface area contributed by atoms with E-state index in [2.05, 4.69) is 31.2 Å². The molecule has 0 heterocycles. The second-order valence-electron chi connectivity index (χ2n) is 5.23. The van der Waals surface area contributed by atoms with Gasteiger partial charge in [0, 0.05) is 0 Å². The third-order valence-corrected chi connectivity index (χ3v) is 3.63. The number of hydrogen-bond acceptors (Lipinski definition) is 1. The number of aliphatic hydroxyl groups excluding tert-OH is 1. The summed E-state index contributed by atoms with van der Waals surface area (Å²) in [6, 6.07) is 8.47. The highest BCUT2D eigenvalue weighted by molar-refractivity contribution is 5.22. The fourth-order valence-electron chi connectivity index (χ4n) is 2.83. The van der Waals surface area contributed by atoms with E-state index in [1.807, 2.05) is 0 Å². The molecule has 0 bridgehead atoms. The highest BCUT2D eigenvalue weighted by atomic mass is 16.3. The lowest BCUT2D eigenvalue weighted by atomic mass is 9.95. The van der Waals surface area contributed by atoms with E-state index in [1.165, 1.54) is 36.8 Å². The van der Waals surface area contributed by atoms with Crippen LogP contribution in [0.1, 0.15) is 43.2 Å². The lowest BCUT2D eigenvalue weighted by molar-refractivity contribution is 0.143. The summed E-state index contributed by atoms with van der Waals surface area (Å²) in [5, 5.41) is 10.1. The van der Waals surface area contributed by atoms with Crippen LogP contribution in [0, 0.1) is 12.8 Å². The third kappa shape index (κ3) is 3.34. The highest BCUT2D eigenvalue weighted by Crippen LogP contribution is 2.29. The maximum Gasteiger partial charge on any atom is 0.0583 e. The van der Waals surface area contributed by atoms with Gasteiger partial charge in [0.1, 0.15) is 0 Å². The van der Waals surface area contributed by atoms with Crippen molar-refractivity contribution in [2.75, 3.05) is 0 Å². The van der Waals surface area contributed by atoms with Crippen LogP contribution in [-0.4, -0.2) is 11.2 Å². The average molecular weight is 218 g/mol. The lowest BCUT2D eigenvalue weighted by Crippen LogP contribution is -2.14. The van der Waals surface area contributed by atoms with Crippen molar-refractivity contribution in [2.24, 2.45) is 5.92 Å². The van der Waals surface area contributed by atoms with Crippen LogP contribution in [-0.2, 0) is 6.42 Å². The predicted molar refractivity (Wildman–Crippen MR) is 67.5 cm³/mol. The van der Waals surface area contributed by atoms with Gasteiger partial charge in [0.2, 0.25) is 0 Å². The molecule has 1 N–H and O–H groups in total. The first kappa shape index (κ1) is 11.7. The van der Waals surface area contributed by atoms with Crippen molar-refractivity contribution in [3.05, 3.63) is 35.4 Å². The SMILES string of the molecule is Cc1cccc(CC(O)CC2CCCC2)c1. The fourth-order valence-corrected chi connectivity index (χ4v) is 2.83. The second kappa shape index (κ2) is 5.49. The normalized spacial score (nSPS) is 18.9. The molecule has 16 heavy (non-hydrogen) atoms. The topological polar surface area (TPSA) is 20.2 Å². The number of aliphatic hydroxyl groups is 1. The molecule has 88 valence electrons. The van der Waals surface area contributed by atoms with E-state index in [4.69, 9.17) is 0 Å². The van der Waals surface area contributed by atoms with Crippen molar-refractivity contribution in [3.8, 4) is 0 Å². The summed E-state index contributed by atoms with van der Waals surface area (Å²) in [5.41, 5.74) is 2.55. The van der Waals surface area contributed by atoms with Crippen molar-refractivity contribution < 1.29 is 5.11 Å². The van der Waals surface area contributed by atoms with Crippen LogP contribution in [0.4, 0.5) is 0 Å². The molecule has 2 rings (SSSR count). The molecule has 0 spiro atoms. The highest BCUT2D eigenvalue weighted by Gasteiger charge is 2.18. The Kier molecular flexibility index (Phi) is 4.00. The van der Waals surface area contributed by atoms with Gasteiger partial charge in [-0.2, -0.15) is 0 Å². The molecule has 1 aliphatic rings. The molecule has 0 amide bonds. The van der Waals surface area contributed by atoms with Crippen LogP contribution < -0.4 is 0 Å². The second-order valence-corrected chi connectivity index (χ2v) is 5.23. The van der Waals surface area contributed by atoms with Crippen molar-refractivity contribution >= 4 is 0 Å². The molecule has 0 aromatic heterocycles. The van der Waals surface area contributed by atoms with Gasteiger partial charge in [0.25, 0.3) is 0 Å². The Morgan fingerprint density at radius 1 is 1.31 bits per heavy atom. The smallest absolute Gasteiger partial charge is 0.0583 e. The first-order valence-corrected chi connectivity index (χ1v) is 6.47. The van der Waals surface area contributed by atoms with Gasteiger partial charge in [-0.15, -0.1) is 0 Å². The molecular weight excluding hydrogens is 196 g/mol. The van der Waals surface area contributed by atoms with Crippen LogP contribution in [0.3, 0.4) is 0 Å². The first-order chi connectivity index (χ1) is 7.74. The molecule has 0 aliphatic heterocycles. The molecule has 1 saturated carbocycles. The number of rotatable bonds is 4. The maximum absolute atomic E-state index is 10.1. The Morgan fingerprint density at radius 2 is 2.06 bits per heavy atom. The van der Waals surface area contributed by atoms with Gasteiger partial charge in [-0.3, -0.25) is 0 Å². The molecule has 1 atom stereocenters. The summed E-state index contributed by atoms with van der Waals surface area (Å²) >= 11 is 0. The van der Waals surface area contributed by atoms with Gasteiger partial charge in [0.05, 0.1) is 6.10 Å². The Morgan fingerprint density at radius 3 is 2.75 bits per heavy atom. The number of hydrogen-bond donors (Lipinski definition) is 1. The minimum atomic E-state index is -0.148. The van der Waals surface area contributed by atoms with E-state index in [0.29, 0.717) is 0 Å². The standard InChI is InChI=1S/C15H22O/c1-12-5-4-8-14(9-12)11-15(16)10-13-6-2-3-7-13/h4-5,8-9,13,15-16H,2-3,6-7,10-11H2,1H3. The molecule has 1 heteroatoms. The minimum absolute atomic E-state index is 0.148. The third-order valence-electron chi connectivity index (χ3n) is 3.63. The van der Waals surface area contributed by atoms with Gasteiger partial charge in [0.15, 0.2) is 0 Å². The van der Waals surface area contributed by atoms with E-state index < -0.39 is 0 Å². The van der Waals surface area contributed by atoms with Crippen LogP contribution in [0.5, 0.6) is 0 Å². The van der Waals surface area contributed by atoms with Crippen molar-refractivity contribution in [2.45, 2.75) is 51.6 Å². The zero-order valence-electron chi connectivity index (χ0n) is 10.2. The number of aryl methyl sites for hydroxylation is 1. The molecule has 0 saturated heterocycles. The van der Waals surface area contributed by atoms with Gasteiger partial charge >= 0.3 is 0 Å². The Balaban J connectivity index is 1.84. The Bertz CT molecular complexity index is 326. The van der Waals surface area contributed by atoms with Gasteiger partial charge in [-0.25, -0.2) is 0 Å². The fraction of sp³-hybridized carbons (Fsp3) is 0.600. The summed E-state index contributed by atoms with van der Waals surface area (Å²) in [5.74, 6) is 0.778. The summed E-state index contributed by atoms with van der Waals surface area (Å²) < 4.78 is 0. The molecule has 1 fully saturated rings. The van der Waals surface area contributed by atoms with E-state index in [9.17, 15) is 5.11 Å². The van der Waals surface area contributed by atoms with E-state index in [0.717, 1.165) is 18.8 Å². The average Bonchev–Trinajstić information content (AvgIpc) is 2.70. The van der Waals surface area contributed by atoms with Crippen LogP contribution in [0.15, 0.2) is 24.3 Å². The molecule has 1 aliphatic carbocycles. The Hall–Kier alpha value is -0.820. The quantitative estimate of drug-likeness (QED) is 0.820. The summed E-state index contributed by atoms with van der Waals surface area (Å²) in [7, 11) is 0. The number of benzene rings is 1. The molecular formula is C15H22O. The summed E-state index contributed by atoms with van der Waals surface area (Å²) in [4.78, 5) is 0. The molecule has 1 unspecified atom stereocenters. The maximum atomic E-state index is 10.1. The lowest BCUT2D eigenvalue weighted by Gasteiger charge is -2.15. The van der Waals surface area contributed by atoms with Crippen LogP contribution >= 0.6 is 0 Å². The van der Waals surface area contributed by atoms with Crippen molar-refractivity contribution in [1.29, 1.82) is 0 Å². The zero-order chi connectivity index (χ0) is 11.4. The van der Waals surface area contributed by atoms with Gasteiger partial charge in [-0.05, 0) is 31.2 Å². The van der Waals surface area contributed by atoms with E-state index in [-0.39, 0.29) is 6.10 Å². The van der Waals surface area contributed by atoms with Crippen molar-refractivity contribution in [1.82, 2.24) is 0 Å². The van der Waals surface area contributed by atoms with E-state index >= 15 is 0 Å². The van der Waals surface area contributed by atoms with E-state index in [1.54, 1.807) is 0 Å². The largest absolute Gasteiger partial charge is 0.393 e. The zero-order valence-corrected chi connectivity index (χ0v) is 10.2. The Labute approximate surface area is 98.5 Å². The van der Waals surface area contributed by atoms with Crippen LogP contribution in [0.2, 0.25) is 0 Å². The molecule has 0 radical (unpaired) electrons. The van der Waals surface area contributed by atoms with Crippen molar-refractivity contribution in [3.63, 3.8) is 0 Å². The summed E-state index contributed by atoms with van der Waals surface area (Å²) in [6.07, 6.45) is 7.04. The van der Waals surface area contributed by atoms with Gasteiger partial charge < -0.3 is 5.11 Å². The molecule has 1 aromatic carbocycles. The first-order valence-electron chi connectivity index (χ1n) is 6.47. The molecule has 1 nitrogen and oxygen atoms in total. The predicted octanol–water partition coefficient (Wildman–Crippen LogP) is 3.48. The molecule has 1 aromatic rings.